The molecule has 1 saturated heterocycles. The number of carbonyl (C=O) groups is 2. The second-order valence-electron chi connectivity index (χ2n) is 9.29. The third-order valence-corrected chi connectivity index (χ3v) is 9.32. The number of hydrazone groups is 1. The predicted molar refractivity (Wildman–Crippen MR) is 137 cm³/mol. The van der Waals surface area contributed by atoms with E-state index in [0.717, 1.165) is 23.4 Å². The molecule has 3 fully saturated rings. The Bertz CT molecular complexity index is 1250. The molecule has 2 saturated carbocycles. The van der Waals surface area contributed by atoms with Gasteiger partial charge in [0.25, 0.3) is 11.8 Å². The maximum Gasteiger partial charge on any atom is 0.254 e. The van der Waals surface area contributed by atoms with Crippen LogP contribution in [0.4, 0.5) is 0 Å². The van der Waals surface area contributed by atoms with E-state index in [1.807, 2.05) is 18.2 Å². The Kier molecular flexibility index (Phi) is 5.48. The molecule has 6 rings (SSSR count). The van der Waals surface area contributed by atoms with Gasteiger partial charge in [0.2, 0.25) is 0 Å². The molecular formula is C25H18Br2Cl2N2O3. The van der Waals surface area contributed by atoms with Crippen molar-refractivity contribution in [1.82, 2.24) is 5.01 Å². The number of carbonyl (C=O) groups excluding carboxylic acids is 2. The number of fused-ring (bicyclic) bond motifs is 3. The zero-order valence-electron chi connectivity index (χ0n) is 17.7. The van der Waals surface area contributed by atoms with Crippen LogP contribution in [0.25, 0.3) is 0 Å². The Morgan fingerprint density at radius 1 is 1.03 bits per heavy atom. The number of ether oxygens (including phenoxy) is 1. The lowest BCUT2D eigenvalue weighted by molar-refractivity contribution is -0.141. The number of imide groups is 1. The van der Waals surface area contributed by atoms with E-state index in [9.17, 15) is 9.59 Å². The van der Waals surface area contributed by atoms with Crippen molar-refractivity contribution in [3.63, 3.8) is 0 Å². The smallest absolute Gasteiger partial charge is 0.254 e. The maximum atomic E-state index is 13.1. The quantitative estimate of drug-likeness (QED) is 0.213. The fourth-order valence-corrected chi connectivity index (χ4v) is 7.80. The molecule has 3 aliphatic carbocycles. The van der Waals surface area contributed by atoms with E-state index < -0.39 is 0 Å². The molecule has 0 N–H and O–H groups in total. The minimum Gasteiger partial charge on any atom is -0.486 e. The normalized spacial score (nSPS) is 27.9. The van der Waals surface area contributed by atoms with Gasteiger partial charge in [0, 0.05) is 15.6 Å². The molecule has 0 aromatic heterocycles. The lowest BCUT2D eigenvalue weighted by Gasteiger charge is -2.18. The van der Waals surface area contributed by atoms with Crippen LogP contribution in [-0.4, -0.2) is 23.0 Å². The Labute approximate surface area is 223 Å². The van der Waals surface area contributed by atoms with Gasteiger partial charge < -0.3 is 4.74 Å². The summed E-state index contributed by atoms with van der Waals surface area (Å²) in [5.41, 5.74) is 1.70. The largest absolute Gasteiger partial charge is 0.486 e. The summed E-state index contributed by atoms with van der Waals surface area (Å²) in [5.74, 6) is 0.122. The molecule has 2 amide bonds. The summed E-state index contributed by atoms with van der Waals surface area (Å²) in [7, 11) is 0. The maximum absolute atomic E-state index is 13.1. The molecule has 2 bridgehead atoms. The summed E-state index contributed by atoms with van der Waals surface area (Å²) in [6, 6.07) is 8.90. The Morgan fingerprint density at radius 2 is 1.65 bits per heavy atom. The first-order valence-corrected chi connectivity index (χ1v) is 13.3. The van der Waals surface area contributed by atoms with Gasteiger partial charge in [-0.25, -0.2) is 0 Å². The first-order valence-electron chi connectivity index (χ1n) is 11.0. The number of halogens is 4. The Balaban J connectivity index is 1.18. The summed E-state index contributed by atoms with van der Waals surface area (Å²) in [6.45, 7) is 0.262. The Hall–Kier alpha value is -1.67. The zero-order chi connectivity index (χ0) is 23.8. The number of hydrogen-bond donors (Lipinski definition) is 0. The molecule has 2 aromatic carbocycles. The summed E-state index contributed by atoms with van der Waals surface area (Å²) < 4.78 is 7.35. The summed E-state index contributed by atoms with van der Waals surface area (Å²) in [4.78, 5) is 26.2. The average Bonchev–Trinajstić information content (AvgIpc) is 3.39. The molecule has 0 radical (unpaired) electrons. The number of rotatable bonds is 5. The highest BCUT2D eigenvalue weighted by Crippen LogP contribution is 2.73. The second-order valence-corrected chi connectivity index (χ2v) is 11.8. The van der Waals surface area contributed by atoms with Gasteiger partial charge in [-0.3, -0.25) is 9.59 Å². The van der Waals surface area contributed by atoms with Crippen LogP contribution >= 0.6 is 55.1 Å². The van der Waals surface area contributed by atoms with E-state index in [1.165, 1.54) is 6.21 Å². The van der Waals surface area contributed by atoms with Crippen LogP contribution < -0.4 is 4.74 Å². The van der Waals surface area contributed by atoms with Crippen LogP contribution in [0, 0.1) is 29.1 Å². The lowest BCUT2D eigenvalue weighted by Crippen LogP contribution is -2.30. The SMILES string of the molecule is O=C1C2C(C(=O)N1N=Cc1cc(Br)c(OCc3ccc(Cl)cc3Cl)c(Br)c1)C1C=CC2C12CC2. The minimum absolute atomic E-state index is 0.174. The van der Waals surface area contributed by atoms with E-state index in [2.05, 4.69) is 49.1 Å². The predicted octanol–water partition coefficient (Wildman–Crippen LogP) is 6.63. The highest BCUT2D eigenvalue weighted by Gasteiger charge is 2.73. The molecule has 174 valence electrons. The molecule has 1 heterocycles. The van der Waals surface area contributed by atoms with Crippen LogP contribution in [0.3, 0.4) is 0 Å². The molecule has 2 aromatic rings. The number of nitrogens with zero attached hydrogens (tertiary/aromatic N) is 2. The number of amides is 2. The van der Waals surface area contributed by atoms with Crippen molar-refractivity contribution in [2.75, 3.05) is 0 Å². The van der Waals surface area contributed by atoms with Crippen molar-refractivity contribution in [3.05, 3.63) is 72.6 Å². The molecule has 4 atom stereocenters. The van der Waals surface area contributed by atoms with Crippen LogP contribution in [0.2, 0.25) is 10.0 Å². The molecule has 5 nitrogen and oxygen atoms in total. The lowest BCUT2D eigenvalue weighted by atomic mass is 9.85. The van der Waals surface area contributed by atoms with Crippen molar-refractivity contribution < 1.29 is 14.3 Å². The summed E-state index contributed by atoms with van der Waals surface area (Å²) >= 11 is 19.3. The Morgan fingerprint density at radius 3 is 2.21 bits per heavy atom. The molecule has 4 aliphatic rings. The first kappa shape index (κ1) is 22.8. The van der Waals surface area contributed by atoms with E-state index >= 15 is 0 Å². The van der Waals surface area contributed by atoms with E-state index in [1.54, 1.807) is 12.1 Å². The van der Waals surface area contributed by atoms with Gasteiger partial charge in [0.15, 0.2) is 0 Å². The van der Waals surface area contributed by atoms with Gasteiger partial charge in [-0.1, -0.05) is 41.4 Å². The second kappa shape index (κ2) is 8.19. The molecule has 1 aliphatic heterocycles. The average molecular weight is 625 g/mol. The fourth-order valence-electron chi connectivity index (χ4n) is 5.88. The van der Waals surface area contributed by atoms with Crippen LogP contribution in [-0.2, 0) is 16.2 Å². The number of allylic oxidation sites excluding steroid dienone is 2. The van der Waals surface area contributed by atoms with Gasteiger partial charge >= 0.3 is 0 Å². The van der Waals surface area contributed by atoms with Gasteiger partial charge in [-0.15, -0.1) is 0 Å². The summed E-state index contributed by atoms with van der Waals surface area (Å²) in [5, 5.41) is 6.47. The van der Waals surface area contributed by atoms with Crippen molar-refractivity contribution in [2.45, 2.75) is 19.4 Å². The van der Waals surface area contributed by atoms with Gasteiger partial charge in [-0.05, 0) is 91.8 Å². The minimum atomic E-state index is -0.254. The fraction of sp³-hybridized carbons (Fsp3) is 0.320. The van der Waals surface area contributed by atoms with Gasteiger partial charge in [-0.2, -0.15) is 10.1 Å². The first-order chi connectivity index (χ1) is 16.3. The van der Waals surface area contributed by atoms with E-state index in [0.29, 0.717) is 30.3 Å². The third kappa shape index (κ3) is 3.42. The van der Waals surface area contributed by atoms with E-state index in [4.69, 9.17) is 27.9 Å². The van der Waals surface area contributed by atoms with E-state index in [-0.39, 0.29) is 47.5 Å². The highest BCUT2D eigenvalue weighted by atomic mass is 79.9. The highest BCUT2D eigenvalue weighted by molar-refractivity contribution is 9.11. The van der Waals surface area contributed by atoms with Crippen LogP contribution in [0.15, 0.2) is 56.5 Å². The van der Waals surface area contributed by atoms with Crippen LogP contribution in [0.5, 0.6) is 5.75 Å². The molecule has 1 spiro atoms. The zero-order valence-corrected chi connectivity index (χ0v) is 22.4. The van der Waals surface area contributed by atoms with Crippen molar-refractivity contribution in [1.29, 1.82) is 0 Å². The third-order valence-electron chi connectivity index (χ3n) is 7.56. The van der Waals surface area contributed by atoms with Crippen molar-refractivity contribution >= 4 is 73.1 Å². The molecular weight excluding hydrogens is 607 g/mol. The number of benzene rings is 2. The van der Waals surface area contributed by atoms with Crippen molar-refractivity contribution in [2.24, 2.45) is 34.2 Å². The van der Waals surface area contributed by atoms with Gasteiger partial charge in [0.1, 0.15) is 12.4 Å². The molecule has 9 heteroatoms. The standard InChI is InChI=1S/C25H18Br2Cl2N2O3/c26-17-7-12(8-18(27)22(17)34-11-13-1-2-14(28)9-19(13)29)10-30-31-23(32)20-15-3-4-16(21(20)24(31)33)25(15)5-6-25/h1-4,7-10,15-16,20-21H,5-6,11H2. The number of hydrogen-bond acceptors (Lipinski definition) is 4. The summed E-state index contributed by atoms with van der Waals surface area (Å²) in [6.07, 6.45) is 8.08. The molecule has 4 unspecified atom stereocenters. The van der Waals surface area contributed by atoms with Crippen LogP contribution in [0.1, 0.15) is 24.0 Å². The van der Waals surface area contributed by atoms with Crippen molar-refractivity contribution in [3.8, 4) is 5.75 Å². The molecule has 34 heavy (non-hydrogen) atoms. The monoisotopic (exact) mass is 622 g/mol. The van der Waals surface area contributed by atoms with Gasteiger partial charge in [0.05, 0.1) is 27.0 Å². The topological polar surface area (TPSA) is 59.0 Å².